The first-order valence-corrected chi connectivity index (χ1v) is 9.36. The van der Waals surface area contributed by atoms with Crippen molar-refractivity contribution in [3.8, 4) is 0 Å². The third-order valence-corrected chi connectivity index (χ3v) is 5.53. The number of nitrogens with two attached hydrogens (primary N) is 1. The minimum Gasteiger partial charge on any atom is -0.464 e. The zero-order chi connectivity index (χ0) is 19.3. The number of carboxylic acid groups (broad SMARTS) is 1. The topological polar surface area (TPSA) is 124 Å². The summed E-state index contributed by atoms with van der Waals surface area (Å²) in [5.74, 6) is 0.611. The van der Waals surface area contributed by atoms with Crippen LogP contribution in [0.1, 0.15) is 36.4 Å². The molecule has 3 aromatic heterocycles. The summed E-state index contributed by atoms with van der Waals surface area (Å²) in [6.07, 6.45) is 5.04. The number of fused-ring (bicyclic) bond motifs is 2. The molecule has 0 saturated heterocycles. The maximum absolute atomic E-state index is 12.2. The second-order valence-corrected chi connectivity index (χ2v) is 7.34. The summed E-state index contributed by atoms with van der Waals surface area (Å²) in [6, 6.07) is 3.81. The van der Waals surface area contributed by atoms with Gasteiger partial charge in [0.25, 0.3) is 0 Å². The molecular weight excluding hydrogens is 362 g/mol. The van der Waals surface area contributed by atoms with Gasteiger partial charge < -0.3 is 15.6 Å². The maximum Gasteiger partial charge on any atom is 0.417 e. The molecule has 0 radical (unpaired) electrons. The van der Waals surface area contributed by atoms with Crippen molar-refractivity contribution in [2.75, 3.05) is 11.5 Å². The zero-order valence-electron chi connectivity index (χ0n) is 15.2. The first-order chi connectivity index (χ1) is 13.6. The lowest BCUT2D eigenvalue weighted by Crippen LogP contribution is -2.25. The molecule has 3 aromatic rings. The third kappa shape index (κ3) is 2.81. The van der Waals surface area contributed by atoms with E-state index in [-0.39, 0.29) is 12.0 Å². The van der Waals surface area contributed by atoms with Crippen molar-refractivity contribution in [3.63, 3.8) is 0 Å². The minimum absolute atomic E-state index is 0.176. The second kappa shape index (κ2) is 6.57. The second-order valence-electron chi connectivity index (χ2n) is 7.34. The fraction of sp³-hybridized carbons (Fsp3) is 0.444. The normalized spacial score (nSPS) is 21.8. The maximum atomic E-state index is 12.2. The molecule has 1 amide bonds. The molecule has 2 unspecified atom stereocenters. The van der Waals surface area contributed by atoms with Crippen LogP contribution in [0.2, 0.25) is 0 Å². The molecule has 3 N–H and O–H groups in total. The van der Waals surface area contributed by atoms with Gasteiger partial charge in [0.2, 0.25) is 0 Å². The van der Waals surface area contributed by atoms with Crippen LogP contribution in [0.5, 0.6) is 0 Å². The zero-order valence-corrected chi connectivity index (χ0v) is 15.2. The van der Waals surface area contributed by atoms with Gasteiger partial charge in [0.15, 0.2) is 11.5 Å². The predicted octanol–water partition coefficient (Wildman–Crippen LogP) is 1.87. The molecule has 1 aliphatic heterocycles. The summed E-state index contributed by atoms with van der Waals surface area (Å²) >= 11 is 0. The lowest BCUT2D eigenvalue weighted by Gasteiger charge is -2.19. The van der Waals surface area contributed by atoms with E-state index in [2.05, 4.69) is 15.2 Å². The highest BCUT2D eigenvalue weighted by Crippen LogP contribution is 2.37. The summed E-state index contributed by atoms with van der Waals surface area (Å²) < 4.78 is 8.86. The number of hydrogen-bond acceptors (Lipinski definition) is 6. The number of pyridine rings is 1. The summed E-state index contributed by atoms with van der Waals surface area (Å²) in [7, 11) is 0. The Bertz CT molecular complexity index is 1020. The summed E-state index contributed by atoms with van der Waals surface area (Å²) in [4.78, 5) is 17.7. The fourth-order valence-electron chi connectivity index (χ4n) is 4.15. The van der Waals surface area contributed by atoms with Crippen LogP contribution in [-0.2, 0) is 17.9 Å². The van der Waals surface area contributed by atoms with Crippen LogP contribution in [0.15, 0.2) is 24.7 Å². The molecule has 2 atom stereocenters. The summed E-state index contributed by atoms with van der Waals surface area (Å²) in [6.45, 7) is 1.58. The summed E-state index contributed by atoms with van der Waals surface area (Å²) in [5.41, 5.74) is 8.86. The fourth-order valence-corrected chi connectivity index (χ4v) is 4.15. The largest absolute Gasteiger partial charge is 0.464 e. The van der Waals surface area contributed by atoms with Crippen LogP contribution in [0.25, 0.3) is 5.65 Å². The number of aromatic nitrogens is 5. The van der Waals surface area contributed by atoms with Gasteiger partial charge in [-0.1, -0.05) is 0 Å². The Morgan fingerprint density at radius 1 is 1.36 bits per heavy atom. The van der Waals surface area contributed by atoms with E-state index in [1.54, 1.807) is 15.3 Å². The molecule has 10 nitrogen and oxygen atoms in total. The Kier molecular flexibility index (Phi) is 4.02. The van der Waals surface area contributed by atoms with Crippen LogP contribution >= 0.6 is 0 Å². The van der Waals surface area contributed by atoms with Gasteiger partial charge in [0, 0.05) is 18.3 Å². The standard InChI is InChI=1S/C18H21N7O3/c19-13-2-1-11(5-13)12-6-15(17-20-10-21-24(17)8-12)25(18(26)27)16-7-14-9-28-4-3-23(14)22-16/h6-8,10-11,13H,1-5,9,19H2,(H,26,27). The Morgan fingerprint density at radius 3 is 3.00 bits per heavy atom. The minimum atomic E-state index is -1.12. The molecule has 28 heavy (non-hydrogen) atoms. The van der Waals surface area contributed by atoms with Crippen LogP contribution in [0.4, 0.5) is 16.3 Å². The first-order valence-electron chi connectivity index (χ1n) is 9.36. The van der Waals surface area contributed by atoms with Gasteiger partial charge >= 0.3 is 6.09 Å². The lowest BCUT2D eigenvalue weighted by atomic mass is 9.98. The number of hydrogen-bond donors (Lipinski definition) is 2. The van der Waals surface area contributed by atoms with Crippen molar-refractivity contribution in [2.45, 2.75) is 44.4 Å². The van der Waals surface area contributed by atoms with E-state index in [1.165, 1.54) is 11.2 Å². The number of carbonyl (C=O) groups is 1. The van der Waals surface area contributed by atoms with Gasteiger partial charge in [-0.2, -0.15) is 10.2 Å². The molecule has 146 valence electrons. The van der Waals surface area contributed by atoms with Crippen LogP contribution in [0, 0.1) is 0 Å². The predicted molar refractivity (Wildman–Crippen MR) is 99.6 cm³/mol. The number of amides is 1. The van der Waals surface area contributed by atoms with Crippen LogP contribution in [-0.4, -0.2) is 48.2 Å². The highest BCUT2D eigenvalue weighted by atomic mass is 16.5. The van der Waals surface area contributed by atoms with Gasteiger partial charge in [-0.15, -0.1) is 0 Å². The molecule has 10 heteroatoms. The van der Waals surface area contributed by atoms with E-state index in [0.29, 0.717) is 36.9 Å². The average Bonchev–Trinajstić information content (AvgIpc) is 3.39. The average molecular weight is 383 g/mol. The first kappa shape index (κ1) is 17.1. The van der Waals surface area contributed by atoms with E-state index < -0.39 is 6.09 Å². The van der Waals surface area contributed by atoms with E-state index in [4.69, 9.17) is 10.5 Å². The van der Waals surface area contributed by atoms with Crippen molar-refractivity contribution in [2.24, 2.45) is 5.73 Å². The molecule has 1 aliphatic carbocycles. The number of nitrogens with zero attached hydrogens (tertiary/aromatic N) is 6. The Labute approximate surface area is 160 Å². The van der Waals surface area contributed by atoms with Crippen LogP contribution < -0.4 is 10.6 Å². The molecule has 1 saturated carbocycles. The molecule has 0 bridgehead atoms. The number of anilines is 2. The van der Waals surface area contributed by atoms with Gasteiger partial charge in [-0.05, 0) is 36.8 Å². The Balaban J connectivity index is 1.63. The van der Waals surface area contributed by atoms with Gasteiger partial charge in [-0.3, -0.25) is 4.68 Å². The van der Waals surface area contributed by atoms with Gasteiger partial charge in [0.1, 0.15) is 6.33 Å². The monoisotopic (exact) mass is 383 g/mol. The smallest absolute Gasteiger partial charge is 0.417 e. The number of ether oxygens (including phenoxy) is 1. The Morgan fingerprint density at radius 2 is 2.25 bits per heavy atom. The SMILES string of the molecule is NC1CCC(c2cc(N(C(=O)O)c3cc4n(n3)CCOC4)c3ncnn3c2)C1. The molecule has 2 aliphatic rings. The molecule has 1 fully saturated rings. The molecule has 0 spiro atoms. The highest BCUT2D eigenvalue weighted by Gasteiger charge is 2.29. The van der Waals surface area contributed by atoms with Gasteiger partial charge in [-0.25, -0.2) is 19.2 Å². The van der Waals surface area contributed by atoms with Gasteiger partial charge in [0.05, 0.1) is 31.1 Å². The molecule has 5 rings (SSSR count). The van der Waals surface area contributed by atoms with Crippen molar-refractivity contribution in [1.29, 1.82) is 0 Å². The molecular formula is C18H21N7O3. The van der Waals surface area contributed by atoms with Crippen LogP contribution in [0.3, 0.4) is 0 Å². The number of rotatable bonds is 3. The summed E-state index contributed by atoms with van der Waals surface area (Å²) in [5, 5.41) is 18.7. The van der Waals surface area contributed by atoms with E-state index in [9.17, 15) is 9.90 Å². The van der Waals surface area contributed by atoms with E-state index in [1.807, 2.05) is 12.3 Å². The quantitative estimate of drug-likeness (QED) is 0.707. The van der Waals surface area contributed by atoms with E-state index in [0.717, 1.165) is 30.5 Å². The van der Waals surface area contributed by atoms with Crippen molar-refractivity contribution in [3.05, 3.63) is 35.9 Å². The van der Waals surface area contributed by atoms with Crippen molar-refractivity contribution < 1.29 is 14.6 Å². The van der Waals surface area contributed by atoms with E-state index >= 15 is 0 Å². The lowest BCUT2D eigenvalue weighted by molar-refractivity contribution is 0.0801. The molecule has 0 aromatic carbocycles. The molecule has 4 heterocycles. The third-order valence-electron chi connectivity index (χ3n) is 5.53. The van der Waals surface area contributed by atoms with Crippen molar-refractivity contribution in [1.82, 2.24) is 24.4 Å². The highest BCUT2D eigenvalue weighted by molar-refractivity contribution is 5.97. The Hall–Kier alpha value is -2.98. The van der Waals surface area contributed by atoms with Crippen molar-refractivity contribution >= 4 is 23.2 Å².